The highest BCUT2D eigenvalue weighted by molar-refractivity contribution is 5.89. The number of rotatable bonds is 1. The first-order chi connectivity index (χ1) is 7.75. The summed E-state index contributed by atoms with van der Waals surface area (Å²) in [6.45, 7) is 3.83. The number of anilines is 1. The molecule has 1 saturated heterocycles. The molecule has 0 spiro atoms. The van der Waals surface area contributed by atoms with E-state index in [1.54, 1.807) is 23.4 Å². The predicted octanol–water partition coefficient (Wildman–Crippen LogP) is 1.33. The molecule has 0 saturated carbocycles. The van der Waals surface area contributed by atoms with E-state index in [1.165, 1.54) is 0 Å². The Kier molecular flexibility index (Phi) is 3.36. The molecule has 2 rings (SSSR count). The maximum absolute atomic E-state index is 11.8. The van der Waals surface area contributed by atoms with Crippen LogP contribution in [-0.4, -0.2) is 41.7 Å². The van der Waals surface area contributed by atoms with Crippen LogP contribution in [0.5, 0.6) is 0 Å². The Morgan fingerprint density at radius 3 is 3.25 bits per heavy atom. The quantitative estimate of drug-likeness (QED) is 0.778. The third-order valence-electron chi connectivity index (χ3n) is 2.44. The number of nitrogens with one attached hydrogen (secondary N) is 1. The Morgan fingerprint density at radius 1 is 1.69 bits per heavy atom. The van der Waals surface area contributed by atoms with Gasteiger partial charge in [0.1, 0.15) is 0 Å². The van der Waals surface area contributed by atoms with Gasteiger partial charge in [-0.05, 0) is 19.1 Å². The second kappa shape index (κ2) is 4.94. The molecule has 1 aliphatic heterocycles. The maximum Gasteiger partial charge on any atom is 0.322 e. The van der Waals surface area contributed by atoms with Crippen molar-refractivity contribution in [3.05, 3.63) is 24.5 Å². The molecule has 0 radical (unpaired) electrons. The van der Waals surface area contributed by atoms with Gasteiger partial charge in [-0.25, -0.2) is 4.79 Å². The number of ether oxygens (including phenoxy) is 1. The van der Waals surface area contributed by atoms with E-state index in [1.807, 2.05) is 13.0 Å². The molecule has 0 aliphatic carbocycles. The van der Waals surface area contributed by atoms with Gasteiger partial charge in [0, 0.05) is 19.3 Å². The molecular formula is C11H15N3O2. The number of carbonyl (C=O) groups excluding carboxylic acids is 1. The van der Waals surface area contributed by atoms with Crippen molar-refractivity contribution >= 4 is 11.7 Å². The van der Waals surface area contributed by atoms with Gasteiger partial charge in [-0.3, -0.25) is 4.98 Å². The Hall–Kier alpha value is -1.62. The van der Waals surface area contributed by atoms with Crippen molar-refractivity contribution in [2.24, 2.45) is 0 Å². The fraction of sp³-hybridized carbons (Fsp3) is 0.455. The van der Waals surface area contributed by atoms with Gasteiger partial charge in [-0.15, -0.1) is 0 Å². The monoisotopic (exact) mass is 221 g/mol. The van der Waals surface area contributed by atoms with Crippen LogP contribution in [0.3, 0.4) is 0 Å². The summed E-state index contributed by atoms with van der Waals surface area (Å²) >= 11 is 0. The largest absolute Gasteiger partial charge is 0.375 e. The lowest BCUT2D eigenvalue weighted by Crippen LogP contribution is -2.46. The van der Waals surface area contributed by atoms with Crippen molar-refractivity contribution in [2.75, 3.05) is 25.0 Å². The number of hydrogen-bond acceptors (Lipinski definition) is 3. The summed E-state index contributed by atoms with van der Waals surface area (Å²) in [4.78, 5) is 17.5. The molecular weight excluding hydrogens is 206 g/mol. The van der Waals surface area contributed by atoms with Crippen molar-refractivity contribution in [3.8, 4) is 0 Å². The van der Waals surface area contributed by atoms with Gasteiger partial charge in [-0.1, -0.05) is 0 Å². The third kappa shape index (κ3) is 2.70. The van der Waals surface area contributed by atoms with Crippen LogP contribution >= 0.6 is 0 Å². The number of pyridine rings is 1. The Labute approximate surface area is 94.4 Å². The van der Waals surface area contributed by atoms with Gasteiger partial charge in [0.15, 0.2) is 0 Å². The Morgan fingerprint density at radius 2 is 2.56 bits per heavy atom. The summed E-state index contributed by atoms with van der Waals surface area (Å²) in [5.41, 5.74) is 0.714. The molecule has 5 heteroatoms. The van der Waals surface area contributed by atoms with Crippen LogP contribution < -0.4 is 5.32 Å². The van der Waals surface area contributed by atoms with Crippen molar-refractivity contribution in [1.82, 2.24) is 9.88 Å². The second-order valence-electron chi connectivity index (χ2n) is 3.80. The van der Waals surface area contributed by atoms with Gasteiger partial charge in [-0.2, -0.15) is 0 Å². The molecule has 2 amide bonds. The molecule has 5 nitrogen and oxygen atoms in total. The average Bonchev–Trinajstić information content (AvgIpc) is 2.30. The summed E-state index contributed by atoms with van der Waals surface area (Å²) < 4.78 is 5.37. The zero-order valence-corrected chi connectivity index (χ0v) is 9.22. The number of nitrogens with zero attached hydrogens (tertiary/aromatic N) is 2. The van der Waals surface area contributed by atoms with Gasteiger partial charge in [0.25, 0.3) is 0 Å². The van der Waals surface area contributed by atoms with E-state index < -0.39 is 0 Å². The summed E-state index contributed by atoms with van der Waals surface area (Å²) in [5.74, 6) is 0. The first-order valence-electron chi connectivity index (χ1n) is 5.33. The number of aromatic nitrogens is 1. The lowest BCUT2D eigenvalue weighted by atomic mass is 10.3. The van der Waals surface area contributed by atoms with Crippen LogP contribution in [0.1, 0.15) is 6.92 Å². The van der Waals surface area contributed by atoms with E-state index in [-0.39, 0.29) is 12.1 Å². The van der Waals surface area contributed by atoms with Crippen LogP contribution in [-0.2, 0) is 4.74 Å². The zero-order valence-electron chi connectivity index (χ0n) is 9.22. The second-order valence-corrected chi connectivity index (χ2v) is 3.80. The van der Waals surface area contributed by atoms with E-state index in [0.29, 0.717) is 25.4 Å². The smallest absolute Gasteiger partial charge is 0.322 e. The van der Waals surface area contributed by atoms with Crippen LogP contribution in [0.25, 0.3) is 0 Å². The minimum atomic E-state index is -0.0943. The molecule has 1 atom stereocenters. The number of carbonyl (C=O) groups is 1. The van der Waals surface area contributed by atoms with Crippen LogP contribution in [0.4, 0.5) is 10.5 Å². The van der Waals surface area contributed by atoms with E-state index >= 15 is 0 Å². The van der Waals surface area contributed by atoms with Crippen molar-refractivity contribution in [2.45, 2.75) is 13.0 Å². The lowest BCUT2D eigenvalue weighted by molar-refractivity contribution is -0.00138. The van der Waals surface area contributed by atoms with Crippen molar-refractivity contribution in [3.63, 3.8) is 0 Å². The van der Waals surface area contributed by atoms with Crippen molar-refractivity contribution < 1.29 is 9.53 Å². The van der Waals surface area contributed by atoms with Crippen LogP contribution in [0, 0.1) is 0 Å². The number of morpholine rings is 1. The Balaban J connectivity index is 1.93. The minimum Gasteiger partial charge on any atom is -0.375 e. The summed E-state index contributed by atoms with van der Waals surface area (Å²) in [6.07, 6.45) is 3.40. The summed E-state index contributed by atoms with van der Waals surface area (Å²) in [5, 5.41) is 2.80. The fourth-order valence-corrected chi connectivity index (χ4v) is 1.64. The number of urea groups is 1. The first kappa shape index (κ1) is 10.9. The molecule has 2 heterocycles. The lowest BCUT2D eigenvalue weighted by Gasteiger charge is -2.31. The summed E-state index contributed by atoms with van der Waals surface area (Å²) in [7, 11) is 0. The predicted molar refractivity (Wildman–Crippen MR) is 60.2 cm³/mol. The highest BCUT2D eigenvalue weighted by Gasteiger charge is 2.21. The van der Waals surface area contributed by atoms with Crippen LogP contribution in [0.15, 0.2) is 24.5 Å². The zero-order chi connectivity index (χ0) is 11.4. The molecule has 1 aromatic rings. The molecule has 1 N–H and O–H groups in total. The average molecular weight is 221 g/mol. The third-order valence-corrected chi connectivity index (χ3v) is 2.44. The standard InChI is InChI=1S/C11H15N3O2/c1-9-8-14(5-6-16-9)11(15)13-10-3-2-4-12-7-10/h2-4,7,9H,5-6,8H2,1H3,(H,13,15). The minimum absolute atomic E-state index is 0.0943. The topological polar surface area (TPSA) is 54.5 Å². The first-order valence-corrected chi connectivity index (χ1v) is 5.33. The Bertz CT molecular complexity index is 356. The summed E-state index contributed by atoms with van der Waals surface area (Å²) in [6, 6.07) is 3.51. The van der Waals surface area contributed by atoms with E-state index in [9.17, 15) is 4.79 Å². The molecule has 0 bridgehead atoms. The van der Waals surface area contributed by atoms with Gasteiger partial charge in [0.05, 0.1) is 24.6 Å². The maximum atomic E-state index is 11.8. The molecule has 1 aliphatic rings. The van der Waals surface area contributed by atoms with Crippen molar-refractivity contribution in [1.29, 1.82) is 0 Å². The van der Waals surface area contributed by atoms with Gasteiger partial charge in [0.2, 0.25) is 0 Å². The van der Waals surface area contributed by atoms with Gasteiger partial charge >= 0.3 is 6.03 Å². The van der Waals surface area contributed by atoms with E-state index in [2.05, 4.69) is 10.3 Å². The molecule has 86 valence electrons. The number of hydrogen-bond donors (Lipinski definition) is 1. The SMILES string of the molecule is CC1CN(C(=O)Nc2cccnc2)CCO1. The molecule has 1 aromatic heterocycles. The van der Waals surface area contributed by atoms with E-state index in [4.69, 9.17) is 4.74 Å². The fourth-order valence-electron chi connectivity index (χ4n) is 1.64. The molecule has 1 fully saturated rings. The molecule has 1 unspecified atom stereocenters. The van der Waals surface area contributed by atoms with Crippen LogP contribution in [0.2, 0.25) is 0 Å². The number of amides is 2. The molecule has 0 aromatic carbocycles. The molecule has 16 heavy (non-hydrogen) atoms. The van der Waals surface area contributed by atoms with E-state index in [0.717, 1.165) is 0 Å². The normalized spacial score (nSPS) is 20.6. The highest BCUT2D eigenvalue weighted by Crippen LogP contribution is 2.08. The highest BCUT2D eigenvalue weighted by atomic mass is 16.5. The van der Waals surface area contributed by atoms with Gasteiger partial charge < -0.3 is 15.0 Å².